The average Bonchev–Trinajstić information content (AvgIpc) is 3.17. The lowest BCUT2D eigenvalue weighted by molar-refractivity contribution is -0.134. The minimum Gasteiger partial charge on any atom is -0.484 e. The minimum atomic E-state index is 0.0211. The van der Waals surface area contributed by atoms with Gasteiger partial charge in [0, 0.05) is 47.2 Å². The second-order valence-corrected chi connectivity index (χ2v) is 8.84. The molecule has 3 aromatic rings. The van der Waals surface area contributed by atoms with Crippen molar-refractivity contribution >= 4 is 28.1 Å². The Bertz CT molecular complexity index is 1010. The van der Waals surface area contributed by atoms with Gasteiger partial charge in [0.1, 0.15) is 5.75 Å². The SMILES string of the molecule is Cc1cc(Nc2ncc(C)s2)cc([C@H]2CCCN(C(=O)COc3ccccc3)C2)n1. The third-order valence-corrected chi connectivity index (χ3v) is 5.97. The molecular formula is C23H26N4O2S. The number of benzene rings is 1. The number of hydrogen-bond donors (Lipinski definition) is 1. The summed E-state index contributed by atoms with van der Waals surface area (Å²) in [6, 6.07) is 13.6. The van der Waals surface area contributed by atoms with Crippen molar-refractivity contribution in [3.8, 4) is 5.75 Å². The molecule has 1 aliphatic rings. The number of thiazole rings is 1. The topological polar surface area (TPSA) is 67.4 Å². The fourth-order valence-electron chi connectivity index (χ4n) is 3.71. The first-order valence-corrected chi connectivity index (χ1v) is 11.0. The molecule has 6 nitrogen and oxygen atoms in total. The number of aromatic nitrogens is 2. The molecule has 1 amide bonds. The van der Waals surface area contributed by atoms with E-state index in [9.17, 15) is 4.79 Å². The Morgan fingerprint density at radius 1 is 1.27 bits per heavy atom. The van der Waals surface area contributed by atoms with Gasteiger partial charge >= 0.3 is 0 Å². The number of piperidine rings is 1. The third kappa shape index (κ3) is 5.16. The van der Waals surface area contributed by atoms with Crippen LogP contribution in [0, 0.1) is 13.8 Å². The number of amides is 1. The smallest absolute Gasteiger partial charge is 0.260 e. The van der Waals surface area contributed by atoms with Gasteiger partial charge in [-0.05, 0) is 51.0 Å². The molecule has 156 valence electrons. The molecule has 7 heteroatoms. The molecule has 1 fully saturated rings. The van der Waals surface area contributed by atoms with Crippen molar-refractivity contribution in [3.05, 3.63) is 64.9 Å². The number of para-hydroxylation sites is 1. The number of carbonyl (C=O) groups is 1. The Kier molecular flexibility index (Phi) is 6.28. The molecule has 1 atom stereocenters. The largest absolute Gasteiger partial charge is 0.484 e. The first kappa shape index (κ1) is 20.3. The molecule has 1 aliphatic heterocycles. The number of rotatable bonds is 6. The van der Waals surface area contributed by atoms with E-state index in [1.807, 2.05) is 61.3 Å². The first-order chi connectivity index (χ1) is 14.6. The molecule has 2 aromatic heterocycles. The van der Waals surface area contributed by atoms with E-state index in [2.05, 4.69) is 16.4 Å². The van der Waals surface area contributed by atoms with Crippen LogP contribution in [-0.4, -0.2) is 40.5 Å². The average molecular weight is 423 g/mol. The highest BCUT2D eigenvalue weighted by Gasteiger charge is 2.26. The van der Waals surface area contributed by atoms with E-state index in [1.54, 1.807) is 11.3 Å². The van der Waals surface area contributed by atoms with Gasteiger partial charge in [-0.3, -0.25) is 9.78 Å². The summed E-state index contributed by atoms with van der Waals surface area (Å²) >= 11 is 1.63. The zero-order valence-corrected chi connectivity index (χ0v) is 18.1. The van der Waals surface area contributed by atoms with Gasteiger partial charge in [-0.15, -0.1) is 11.3 Å². The Hall–Kier alpha value is -2.93. The number of aryl methyl sites for hydroxylation is 2. The molecule has 0 bridgehead atoms. The zero-order chi connectivity index (χ0) is 20.9. The number of nitrogens with zero attached hydrogens (tertiary/aromatic N) is 3. The van der Waals surface area contributed by atoms with Crippen molar-refractivity contribution in [2.45, 2.75) is 32.6 Å². The minimum absolute atomic E-state index is 0.0211. The van der Waals surface area contributed by atoms with Crippen molar-refractivity contribution < 1.29 is 9.53 Å². The van der Waals surface area contributed by atoms with Crippen LogP contribution in [0.3, 0.4) is 0 Å². The van der Waals surface area contributed by atoms with Crippen molar-refractivity contribution in [1.82, 2.24) is 14.9 Å². The predicted molar refractivity (Wildman–Crippen MR) is 120 cm³/mol. The second kappa shape index (κ2) is 9.26. The molecule has 0 aliphatic carbocycles. The van der Waals surface area contributed by atoms with Crippen LogP contribution in [0.4, 0.5) is 10.8 Å². The molecule has 3 heterocycles. The molecule has 1 saturated heterocycles. The summed E-state index contributed by atoms with van der Waals surface area (Å²) in [4.78, 5) is 24.9. The predicted octanol–water partition coefficient (Wildman–Crippen LogP) is 4.68. The number of hydrogen-bond acceptors (Lipinski definition) is 6. The number of pyridine rings is 1. The zero-order valence-electron chi connectivity index (χ0n) is 17.3. The van der Waals surface area contributed by atoms with Gasteiger partial charge in [-0.25, -0.2) is 4.98 Å². The molecular weight excluding hydrogens is 396 g/mol. The number of anilines is 2. The molecule has 0 saturated carbocycles. The quantitative estimate of drug-likeness (QED) is 0.625. The molecule has 1 aromatic carbocycles. The molecule has 0 spiro atoms. The van der Waals surface area contributed by atoms with E-state index < -0.39 is 0 Å². The highest BCUT2D eigenvalue weighted by Crippen LogP contribution is 2.29. The third-order valence-electron chi connectivity index (χ3n) is 5.14. The van der Waals surface area contributed by atoms with Crippen molar-refractivity contribution in [1.29, 1.82) is 0 Å². The Labute approximate surface area is 180 Å². The number of likely N-dealkylation sites (tertiary alicyclic amines) is 1. The monoisotopic (exact) mass is 422 g/mol. The van der Waals surface area contributed by atoms with Crippen LogP contribution in [0.15, 0.2) is 48.7 Å². The lowest BCUT2D eigenvalue weighted by Gasteiger charge is -2.32. The van der Waals surface area contributed by atoms with E-state index in [-0.39, 0.29) is 18.4 Å². The number of nitrogens with one attached hydrogen (secondary N) is 1. The summed E-state index contributed by atoms with van der Waals surface area (Å²) in [5, 5.41) is 4.26. The van der Waals surface area contributed by atoms with E-state index >= 15 is 0 Å². The summed E-state index contributed by atoms with van der Waals surface area (Å²) in [5.74, 6) is 0.957. The van der Waals surface area contributed by atoms with Crippen LogP contribution in [0.1, 0.15) is 35.0 Å². The van der Waals surface area contributed by atoms with Crippen LogP contribution in [-0.2, 0) is 4.79 Å². The molecule has 0 radical (unpaired) electrons. The van der Waals surface area contributed by atoms with E-state index in [0.717, 1.165) is 41.6 Å². The summed E-state index contributed by atoms with van der Waals surface area (Å²) in [6.07, 6.45) is 3.85. The lowest BCUT2D eigenvalue weighted by Crippen LogP contribution is -2.41. The van der Waals surface area contributed by atoms with Crippen molar-refractivity contribution in [2.24, 2.45) is 0 Å². The summed E-state index contributed by atoms with van der Waals surface area (Å²) < 4.78 is 5.65. The van der Waals surface area contributed by atoms with Gasteiger partial charge in [0.2, 0.25) is 0 Å². The van der Waals surface area contributed by atoms with Crippen molar-refractivity contribution in [3.63, 3.8) is 0 Å². The summed E-state index contributed by atoms with van der Waals surface area (Å²) in [6.45, 7) is 5.54. The van der Waals surface area contributed by atoms with Crippen LogP contribution in [0.2, 0.25) is 0 Å². The van der Waals surface area contributed by atoms with Gasteiger partial charge in [0.25, 0.3) is 5.91 Å². The van der Waals surface area contributed by atoms with E-state index in [0.29, 0.717) is 12.3 Å². The van der Waals surface area contributed by atoms with Crippen LogP contribution >= 0.6 is 11.3 Å². The van der Waals surface area contributed by atoms with Gasteiger partial charge in [-0.1, -0.05) is 18.2 Å². The molecule has 1 N–H and O–H groups in total. The standard InChI is InChI=1S/C23H26N4O2S/c1-16-11-19(26-23-24-13-17(2)30-23)12-21(25-16)18-7-6-10-27(14-18)22(28)15-29-20-8-4-3-5-9-20/h3-5,8-9,11-13,18H,6-7,10,14-15H2,1-2H3,(H,24,25,26)/t18-/m0/s1. The maximum Gasteiger partial charge on any atom is 0.260 e. The number of ether oxygens (including phenoxy) is 1. The van der Waals surface area contributed by atoms with Gasteiger partial charge < -0.3 is 15.0 Å². The number of carbonyl (C=O) groups excluding carboxylic acids is 1. The Morgan fingerprint density at radius 3 is 2.87 bits per heavy atom. The highest BCUT2D eigenvalue weighted by atomic mass is 32.1. The fraction of sp³-hybridized carbons (Fsp3) is 0.348. The molecule has 30 heavy (non-hydrogen) atoms. The Morgan fingerprint density at radius 2 is 2.10 bits per heavy atom. The van der Waals surface area contributed by atoms with Gasteiger partial charge in [0.15, 0.2) is 11.7 Å². The highest BCUT2D eigenvalue weighted by molar-refractivity contribution is 7.15. The maximum absolute atomic E-state index is 12.7. The van der Waals surface area contributed by atoms with Gasteiger partial charge in [-0.2, -0.15) is 0 Å². The molecule has 4 rings (SSSR count). The molecule has 0 unspecified atom stereocenters. The van der Waals surface area contributed by atoms with Gasteiger partial charge in [0.05, 0.1) is 0 Å². The second-order valence-electron chi connectivity index (χ2n) is 7.60. The Balaban J connectivity index is 1.41. The summed E-state index contributed by atoms with van der Waals surface area (Å²) in [7, 11) is 0. The van der Waals surface area contributed by atoms with E-state index in [4.69, 9.17) is 9.72 Å². The summed E-state index contributed by atoms with van der Waals surface area (Å²) in [5.41, 5.74) is 2.97. The lowest BCUT2D eigenvalue weighted by atomic mass is 9.93. The maximum atomic E-state index is 12.7. The van der Waals surface area contributed by atoms with Crippen molar-refractivity contribution in [2.75, 3.05) is 25.0 Å². The van der Waals surface area contributed by atoms with Crippen LogP contribution in [0.5, 0.6) is 5.75 Å². The fourth-order valence-corrected chi connectivity index (χ4v) is 4.39. The van der Waals surface area contributed by atoms with E-state index in [1.165, 1.54) is 4.88 Å². The first-order valence-electron chi connectivity index (χ1n) is 10.2. The van der Waals surface area contributed by atoms with Crippen LogP contribution in [0.25, 0.3) is 0 Å². The normalized spacial score (nSPS) is 16.3. The van der Waals surface area contributed by atoms with Crippen LogP contribution < -0.4 is 10.1 Å².